The van der Waals surface area contributed by atoms with E-state index in [1.165, 1.54) is 19.3 Å². The fourth-order valence-electron chi connectivity index (χ4n) is 2.14. The lowest BCUT2D eigenvalue weighted by Gasteiger charge is -2.33. The Hall–Kier alpha value is -0.280. The summed E-state index contributed by atoms with van der Waals surface area (Å²) in [5, 5.41) is 1.49. The molecule has 2 rings (SSSR count). The Morgan fingerprint density at radius 3 is 2.69 bits per heavy atom. The van der Waals surface area contributed by atoms with Crippen molar-refractivity contribution in [2.45, 2.75) is 31.7 Å². The molecule has 4 heteroatoms. The molecule has 2 nitrogen and oxygen atoms in total. The van der Waals surface area contributed by atoms with Crippen molar-refractivity contribution in [3.05, 3.63) is 33.8 Å². The molecule has 0 heterocycles. The van der Waals surface area contributed by atoms with Crippen LogP contribution in [-0.2, 0) is 6.42 Å². The molecule has 16 heavy (non-hydrogen) atoms. The maximum atomic E-state index is 6.14. The van der Waals surface area contributed by atoms with Gasteiger partial charge >= 0.3 is 0 Å². The number of rotatable bonds is 4. The predicted octanol–water partition coefficient (Wildman–Crippen LogP) is 3.17. The normalized spacial score (nSPS) is 18.2. The predicted molar refractivity (Wildman–Crippen MR) is 68.6 cm³/mol. The number of nitrogens with one attached hydrogen (secondary N) is 1. The van der Waals surface area contributed by atoms with Crippen LogP contribution in [-0.4, -0.2) is 6.04 Å². The summed E-state index contributed by atoms with van der Waals surface area (Å²) in [7, 11) is 0. The summed E-state index contributed by atoms with van der Waals surface area (Å²) >= 11 is 12.1. The Morgan fingerprint density at radius 1 is 1.38 bits per heavy atom. The van der Waals surface area contributed by atoms with Crippen LogP contribution in [0.2, 0.25) is 10.0 Å². The van der Waals surface area contributed by atoms with Gasteiger partial charge in [-0.1, -0.05) is 29.6 Å². The molecule has 1 atom stereocenters. The van der Waals surface area contributed by atoms with Gasteiger partial charge in [0.1, 0.15) is 0 Å². The third kappa shape index (κ3) is 2.69. The standard InChI is InChI=1S/C12H16Cl2N2/c13-10-4-5-11(14)9(6-10)7-12(16-15)8-2-1-3-8/h4-6,8,12,16H,1-3,7,15H2. The van der Waals surface area contributed by atoms with Crippen LogP contribution in [0.5, 0.6) is 0 Å². The Morgan fingerprint density at radius 2 is 2.12 bits per heavy atom. The molecule has 0 spiro atoms. The highest BCUT2D eigenvalue weighted by Gasteiger charge is 2.26. The molecule has 0 aliphatic heterocycles. The second-order valence-corrected chi connectivity index (χ2v) is 5.25. The van der Waals surface area contributed by atoms with E-state index in [1.807, 2.05) is 18.2 Å². The molecule has 0 radical (unpaired) electrons. The topological polar surface area (TPSA) is 38.0 Å². The van der Waals surface area contributed by atoms with Gasteiger partial charge < -0.3 is 0 Å². The minimum Gasteiger partial charge on any atom is -0.271 e. The molecule has 1 aliphatic rings. The van der Waals surface area contributed by atoms with Crippen LogP contribution < -0.4 is 11.3 Å². The average molecular weight is 259 g/mol. The second kappa shape index (κ2) is 5.37. The fraction of sp³-hybridized carbons (Fsp3) is 0.500. The molecule has 88 valence electrons. The molecule has 0 bridgehead atoms. The zero-order valence-corrected chi connectivity index (χ0v) is 10.6. The monoisotopic (exact) mass is 258 g/mol. The van der Waals surface area contributed by atoms with Crippen molar-refractivity contribution in [3.8, 4) is 0 Å². The first kappa shape index (κ1) is 12.2. The number of nitrogens with two attached hydrogens (primary N) is 1. The summed E-state index contributed by atoms with van der Waals surface area (Å²) in [5.74, 6) is 6.27. The highest BCUT2D eigenvalue weighted by atomic mass is 35.5. The van der Waals surface area contributed by atoms with Gasteiger partial charge in [-0.3, -0.25) is 11.3 Å². The van der Waals surface area contributed by atoms with Crippen molar-refractivity contribution in [1.29, 1.82) is 0 Å². The summed E-state index contributed by atoms with van der Waals surface area (Å²) in [4.78, 5) is 0. The minimum atomic E-state index is 0.310. The Bertz CT molecular complexity index is 364. The summed E-state index contributed by atoms with van der Waals surface area (Å²) in [6.07, 6.45) is 4.67. The van der Waals surface area contributed by atoms with Gasteiger partial charge in [0.2, 0.25) is 0 Å². The van der Waals surface area contributed by atoms with Crippen molar-refractivity contribution in [2.24, 2.45) is 11.8 Å². The van der Waals surface area contributed by atoms with Gasteiger partial charge in [-0.25, -0.2) is 0 Å². The lowest BCUT2D eigenvalue weighted by molar-refractivity contribution is 0.228. The molecule has 1 fully saturated rings. The number of hydrazine groups is 1. The Labute approximate surface area is 106 Å². The summed E-state index contributed by atoms with van der Waals surface area (Å²) in [6, 6.07) is 5.88. The van der Waals surface area contributed by atoms with E-state index in [9.17, 15) is 0 Å². The lowest BCUT2D eigenvalue weighted by atomic mass is 9.78. The first-order chi connectivity index (χ1) is 7.70. The van der Waals surface area contributed by atoms with Gasteiger partial charge in [0.25, 0.3) is 0 Å². The molecular weight excluding hydrogens is 243 g/mol. The second-order valence-electron chi connectivity index (χ2n) is 4.40. The third-order valence-corrected chi connectivity index (χ3v) is 3.98. The molecule has 1 aromatic rings. The SMILES string of the molecule is NNC(Cc1cc(Cl)ccc1Cl)C1CCC1. The minimum absolute atomic E-state index is 0.310. The smallest absolute Gasteiger partial charge is 0.0439 e. The number of hydrogen-bond donors (Lipinski definition) is 2. The average Bonchev–Trinajstić information content (AvgIpc) is 2.19. The van der Waals surface area contributed by atoms with Crippen molar-refractivity contribution in [1.82, 2.24) is 5.43 Å². The summed E-state index contributed by atoms with van der Waals surface area (Å²) in [6.45, 7) is 0. The van der Waals surface area contributed by atoms with Crippen LogP contribution in [0.1, 0.15) is 24.8 Å². The number of hydrogen-bond acceptors (Lipinski definition) is 2. The van der Waals surface area contributed by atoms with Gasteiger partial charge in [-0.2, -0.15) is 0 Å². The first-order valence-electron chi connectivity index (χ1n) is 5.60. The molecule has 0 aromatic heterocycles. The molecule has 0 amide bonds. The van der Waals surface area contributed by atoms with Gasteiger partial charge in [0.15, 0.2) is 0 Å². The van der Waals surface area contributed by atoms with Gasteiger partial charge in [-0.05, 0) is 48.9 Å². The lowest BCUT2D eigenvalue weighted by Crippen LogP contribution is -2.44. The van der Waals surface area contributed by atoms with Crippen LogP contribution in [0.15, 0.2) is 18.2 Å². The van der Waals surface area contributed by atoms with E-state index < -0.39 is 0 Å². The Kier molecular flexibility index (Phi) is 4.09. The van der Waals surface area contributed by atoms with Gasteiger partial charge in [0, 0.05) is 16.1 Å². The zero-order valence-electron chi connectivity index (χ0n) is 9.05. The molecular formula is C12H16Cl2N2. The van der Waals surface area contributed by atoms with E-state index in [4.69, 9.17) is 29.0 Å². The highest BCUT2D eigenvalue weighted by molar-refractivity contribution is 6.33. The maximum absolute atomic E-state index is 6.14. The molecule has 3 N–H and O–H groups in total. The third-order valence-electron chi connectivity index (χ3n) is 3.38. The molecule has 1 saturated carbocycles. The fourth-order valence-corrected chi connectivity index (χ4v) is 2.53. The van der Waals surface area contributed by atoms with Crippen molar-refractivity contribution in [2.75, 3.05) is 0 Å². The number of benzene rings is 1. The Balaban J connectivity index is 2.08. The van der Waals surface area contributed by atoms with Crippen LogP contribution >= 0.6 is 23.2 Å². The van der Waals surface area contributed by atoms with Crippen LogP contribution in [0.4, 0.5) is 0 Å². The van der Waals surface area contributed by atoms with Crippen molar-refractivity contribution >= 4 is 23.2 Å². The first-order valence-corrected chi connectivity index (χ1v) is 6.36. The van der Waals surface area contributed by atoms with E-state index in [0.29, 0.717) is 12.0 Å². The highest BCUT2D eigenvalue weighted by Crippen LogP contribution is 2.32. The molecule has 1 aliphatic carbocycles. The zero-order chi connectivity index (χ0) is 11.5. The van der Waals surface area contributed by atoms with Gasteiger partial charge in [-0.15, -0.1) is 0 Å². The maximum Gasteiger partial charge on any atom is 0.0439 e. The molecule has 0 saturated heterocycles. The number of halogens is 2. The quantitative estimate of drug-likeness (QED) is 0.643. The van der Waals surface area contributed by atoms with E-state index in [1.54, 1.807) is 0 Å². The van der Waals surface area contributed by atoms with E-state index in [-0.39, 0.29) is 0 Å². The largest absolute Gasteiger partial charge is 0.271 e. The summed E-state index contributed by atoms with van der Waals surface area (Å²) < 4.78 is 0. The molecule has 1 aromatic carbocycles. The molecule has 1 unspecified atom stereocenters. The van der Waals surface area contributed by atoms with Crippen LogP contribution in [0, 0.1) is 5.92 Å². The van der Waals surface area contributed by atoms with Crippen molar-refractivity contribution < 1.29 is 0 Å². The van der Waals surface area contributed by atoms with Crippen LogP contribution in [0.3, 0.4) is 0 Å². The summed E-state index contributed by atoms with van der Waals surface area (Å²) in [5.41, 5.74) is 3.97. The van der Waals surface area contributed by atoms with Crippen LogP contribution in [0.25, 0.3) is 0 Å². The van der Waals surface area contributed by atoms with E-state index in [2.05, 4.69) is 5.43 Å². The van der Waals surface area contributed by atoms with E-state index in [0.717, 1.165) is 22.0 Å². The van der Waals surface area contributed by atoms with E-state index >= 15 is 0 Å². The van der Waals surface area contributed by atoms with Crippen molar-refractivity contribution in [3.63, 3.8) is 0 Å². The van der Waals surface area contributed by atoms with Gasteiger partial charge in [0.05, 0.1) is 0 Å².